The molecule has 1 aliphatic heterocycles. The molecule has 3 amide bonds. The number of hydrogen-bond acceptors (Lipinski definition) is 5. The van der Waals surface area contributed by atoms with E-state index in [1.807, 2.05) is 6.26 Å². The second-order valence-electron chi connectivity index (χ2n) is 5.62. The molecule has 7 nitrogen and oxygen atoms in total. The fraction of sp³-hybridized carbons (Fsp3) is 0.562. The minimum Gasteiger partial charge on any atom is -0.459 e. The van der Waals surface area contributed by atoms with Gasteiger partial charge in [-0.25, -0.2) is 0 Å². The number of carbonyl (C=O) groups excluding carboxylic acids is 3. The number of thioether (sulfide) groups is 1. The van der Waals surface area contributed by atoms with Crippen LogP contribution in [0.3, 0.4) is 0 Å². The van der Waals surface area contributed by atoms with Crippen molar-refractivity contribution in [3.63, 3.8) is 0 Å². The monoisotopic (exact) mass is 353 g/mol. The maximum Gasteiger partial charge on any atom is 0.287 e. The zero-order chi connectivity index (χ0) is 17.5. The van der Waals surface area contributed by atoms with E-state index in [-0.39, 0.29) is 23.5 Å². The Morgan fingerprint density at radius 1 is 1.25 bits per heavy atom. The van der Waals surface area contributed by atoms with E-state index in [0.29, 0.717) is 32.6 Å². The molecule has 0 unspecified atom stereocenters. The van der Waals surface area contributed by atoms with Crippen molar-refractivity contribution in [1.29, 1.82) is 0 Å². The number of nitrogens with one attached hydrogen (secondary N) is 1. The smallest absolute Gasteiger partial charge is 0.287 e. The normalized spacial score (nSPS) is 15.9. The van der Waals surface area contributed by atoms with Crippen LogP contribution in [0.1, 0.15) is 23.9 Å². The molecule has 1 aromatic rings. The Balaban J connectivity index is 1.97. The van der Waals surface area contributed by atoms with Crippen molar-refractivity contribution in [3.8, 4) is 0 Å². The Hall–Kier alpha value is -1.96. The van der Waals surface area contributed by atoms with Crippen LogP contribution in [0, 0.1) is 0 Å². The standard InChI is InChI=1S/C16H23N3O4S/c1-12(20)18-6-8-19(9-7-18)16(22)13(5-11-24-2)17-15(21)14-4-3-10-23-14/h3-4,10,13H,5-9,11H2,1-2H3,(H,17,21)/t13-/m0/s1. The van der Waals surface area contributed by atoms with Crippen LogP contribution in [0.2, 0.25) is 0 Å². The van der Waals surface area contributed by atoms with Crippen LogP contribution in [0.4, 0.5) is 0 Å². The van der Waals surface area contributed by atoms with E-state index < -0.39 is 6.04 Å². The Labute approximate surface area is 145 Å². The van der Waals surface area contributed by atoms with E-state index in [1.165, 1.54) is 13.2 Å². The summed E-state index contributed by atoms with van der Waals surface area (Å²) in [5, 5.41) is 2.77. The molecule has 0 saturated carbocycles. The minimum atomic E-state index is -0.584. The molecule has 0 bridgehead atoms. The molecule has 0 spiro atoms. The van der Waals surface area contributed by atoms with Gasteiger partial charge in [0.1, 0.15) is 6.04 Å². The summed E-state index contributed by atoms with van der Waals surface area (Å²) in [6.07, 6.45) is 3.94. The van der Waals surface area contributed by atoms with Gasteiger partial charge in [0.25, 0.3) is 5.91 Å². The summed E-state index contributed by atoms with van der Waals surface area (Å²) in [4.78, 5) is 39.7. The quantitative estimate of drug-likeness (QED) is 0.819. The van der Waals surface area contributed by atoms with Gasteiger partial charge < -0.3 is 19.5 Å². The van der Waals surface area contributed by atoms with Crippen molar-refractivity contribution in [2.75, 3.05) is 38.2 Å². The number of carbonyl (C=O) groups is 3. The third kappa shape index (κ3) is 4.77. The highest BCUT2D eigenvalue weighted by Crippen LogP contribution is 2.10. The minimum absolute atomic E-state index is 0.0205. The second kappa shape index (κ2) is 8.77. The van der Waals surface area contributed by atoms with Gasteiger partial charge in [0.2, 0.25) is 11.8 Å². The first kappa shape index (κ1) is 18.4. The second-order valence-corrected chi connectivity index (χ2v) is 6.60. The summed E-state index contributed by atoms with van der Waals surface area (Å²) in [6.45, 7) is 3.57. The molecule has 1 aliphatic rings. The highest BCUT2D eigenvalue weighted by Gasteiger charge is 2.29. The fourth-order valence-corrected chi connectivity index (χ4v) is 3.06. The SMILES string of the molecule is CSCC[C@H](NC(=O)c1ccco1)C(=O)N1CCN(C(C)=O)CC1. The van der Waals surface area contributed by atoms with Crippen LogP contribution in [0.15, 0.2) is 22.8 Å². The highest BCUT2D eigenvalue weighted by atomic mass is 32.2. The van der Waals surface area contributed by atoms with E-state index in [1.54, 1.807) is 33.7 Å². The molecule has 0 radical (unpaired) electrons. The maximum absolute atomic E-state index is 12.8. The lowest BCUT2D eigenvalue weighted by molar-refractivity contribution is -0.139. The summed E-state index contributed by atoms with van der Waals surface area (Å²) in [7, 11) is 0. The van der Waals surface area contributed by atoms with Crippen LogP contribution < -0.4 is 5.32 Å². The fourth-order valence-electron chi connectivity index (χ4n) is 2.59. The van der Waals surface area contributed by atoms with Gasteiger partial charge >= 0.3 is 0 Å². The molecule has 2 rings (SSSR count). The molecule has 1 saturated heterocycles. The molecule has 1 aromatic heterocycles. The molecule has 1 N–H and O–H groups in total. The number of nitrogens with zero attached hydrogens (tertiary/aromatic N) is 2. The molecule has 0 aromatic carbocycles. The van der Waals surface area contributed by atoms with Crippen LogP contribution in [0.5, 0.6) is 0 Å². The lowest BCUT2D eigenvalue weighted by atomic mass is 10.1. The average Bonchev–Trinajstić information content (AvgIpc) is 3.12. The van der Waals surface area contributed by atoms with Crippen LogP contribution >= 0.6 is 11.8 Å². The van der Waals surface area contributed by atoms with Crippen molar-refractivity contribution in [2.24, 2.45) is 0 Å². The molecule has 24 heavy (non-hydrogen) atoms. The average molecular weight is 353 g/mol. The van der Waals surface area contributed by atoms with Crippen molar-refractivity contribution in [3.05, 3.63) is 24.2 Å². The zero-order valence-corrected chi connectivity index (χ0v) is 14.8. The summed E-state index contributed by atoms with van der Waals surface area (Å²) in [6, 6.07) is 2.62. The Kier molecular flexibility index (Phi) is 6.72. The number of amides is 3. The van der Waals surface area contributed by atoms with Crippen molar-refractivity contribution < 1.29 is 18.8 Å². The zero-order valence-electron chi connectivity index (χ0n) is 14.0. The molecule has 132 valence electrons. The van der Waals surface area contributed by atoms with Crippen molar-refractivity contribution in [2.45, 2.75) is 19.4 Å². The lowest BCUT2D eigenvalue weighted by Gasteiger charge is -2.36. The summed E-state index contributed by atoms with van der Waals surface area (Å²) >= 11 is 1.62. The van der Waals surface area contributed by atoms with E-state index in [9.17, 15) is 14.4 Å². The Bertz CT molecular complexity index is 568. The third-order valence-electron chi connectivity index (χ3n) is 4.00. The Morgan fingerprint density at radius 2 is 1.92 bits per heavy atom. The van der Waals surface area contributed by atoms with E-state index in [2.05, 4.69) is 5.32 Å². The van der Waals surface area contributed by atoms with Crippen LogP contribution in [0.25, 0.3) is 0 Å². The van der Waals surface area contributed by atoms with Gasteiger partial charge in [-0.15, -0.1) is 0 Å². The third-order valence-corrected chi connectivity index (χ3v) is 4.64. The van der Waals surface area contributed by atoms with Gasteiger partial charge in [0, 0.05) is 33.1 Å². The first-order valence-electron chi connectivity index (χ1n) is 7.90. The van der Waals surface area contributed by atoms with Gasteiger partial charge in [-0.05, 0) is 30.6 Å². The van der Waals surface area contributed by atoms with E-state index >= 15 is 0 Å². The number of furan rings is 1. The Morgan fingerprint density at radius 3 is 2.46 bits per heavy atom. The number of hydrogen-bond donors (Lipinski definition) is 1. The first-order valence-corrected chi connectivity index (χ1v) is 9.30. The molecule has 8 heteroatoms. The van der Waals surface area contributed by atoms with Gasteiger partial charge in [-0.3, -0.25) is 14.4 Å². The van der Waals surface area contributed by atoms with Crippen molar-refractivity contribution >= 4 is 29.5 Å². The first-order chi connectivity index (χ1) is 11.5. The highest BCUT2D eigenvalue weighted by molar-refractivity contribution is 7.98. The van der Waals surface area contributed by atoms with Crippen LogP contribution in [-0.2, 0) is 9.59 Å². The van der Waals surface area contributed by atoms with Crippen LogP contribution in [-0.4, -0.2) is 71.8 Å². The maximum atomic E-state index is 12.8. The number of piperazine rings is 1. The van der Waals surface area contributed by atoms with Gasteiger partial charge in [0.15, 0.2) is 5.76 Å². The molecule has 2 heterocycles. The lowest BCUT2D eigenvalue weighted by Crippen LogP contribution is -2.55. The summed E-state index contributed by atoms with van der Waals surface area (Å²) in [5.41, 5.74) is 0. The molecule has 1 fully saturated rings. The van der Waals surface area contributed by atoms with Crippen molar-refractivity contribution in [1.82, 2.24) is 15.1 Å². The topological polar surface area (TPSA) is 82.9 Å². The predicted octanol–water partition coefficient (Wildman–Crippen LogP) is 0.822. The largest absolute Gasteiger partial charge is 0.459 e. The molecular formula is C16H23N3O4S. The molecular weight excluding hydrogens is 330 g/mol. The van der Waals surface area contributed by atoms with Gasteiger partial charge in [0.05, 0.1) is 6.26 Å². The molecule has 0 aliphatic carbocycles. The van der Waals surface area contributed by atoms with E-state index in [4.69, 9.17) is 4.42 Å². The summed E-state index contributed by atoms with van der Waals surface area (Å²) < 4.78 is 5.08. The molecule has 1 atom stereocenters. The van der Waals surface area contributed by atoms with Gasteiger partial charge in [-0.2, -0.15) is 11.8 Å². The summed E-state index contributed by atoms with van der Waals surface area (Å²) in [5.74, 6) is 0.488. The van der Waals surface area contributed by atoms with E-state index in [0.717, 1.165) is 5.75 Å². The van der Waals surface area contributed by atoms with Gasteiger partial charge in [-0.1, -0.05) is 0 Å². The predicted molar refractivity (Wildman–Crippen MR) is 91.8 cm³/mol. The number of rotatable bonds is 6.